The van der Waals surface area contributed by atoms with Crippen molar-refractivity contribution in [3.8, 4) is 5.75 Å². The summed E-state index contributed by atoms with van der Waals surface area (Å²) in [5, 5.41) is 0.595. The second kappa shape index (κ2) is 9.72. The van der Waals surface area contributed by atoms with Crippen LogP contribution in [0, 0.1) is 17.8 Å². The van der Waals surface area contributed by atoms with E-state index in [1.807, 2.05) is 6.08 Å². The second-order valence-corrected chi connectivity index (χ2v) is 8.13. The average molecular weight is 393 g/mol. The topological polar surface area (TPSA) is 44.8 Å². The molecule has 0 radical (unpaired) electrons. The average Bonchev–Trinajstić information content (AvgIpc) is 2.92. The predicted octanol–water partition coefficient (Wildman–Crippen LogP) is 5.05. The first-order valence-electron chi connectivity index (χ1n) is 9.89. The maximum absolute atomic E-state index is 12.2. The molecule has 1 aromatic carbocycles. The smallest absolute Gasteiger partial charge is 0.192 e. The van der Waals surface area contributed by atoms with Gasteiger partial charge in [0.15, 0.2) is 18.7 Å². The predicted molar refractivity (Wildman–Crippen MR) is 106 cm³/mol. The van der Waals surface area contributed by atoms with E-state index in [0.29, 0.717) is 28.5 Å². The summed E-state index contributed by atoms with van der Waals surface area (Å²) in [5.74, 6) is 1.73. The zero-order valence-electron chi connectivity index (χ0n) is 16.1. The monoisotopic (exact) mass is 392 g/mol. The van der Waals surface area contributed by atoms with E-state index in [1.54, 1.807) is 30.3 Å². The van der Waals surface area contributed by atoms with Crippen LogP contribution in [0.15, 0.2) is 36.4 Å². The summed E-state index contributed by atoms with van der Waals surface area (Å²) >= 11 is 5.92. The first-order valence-corrected chi connectivity index (χ1v) is 10.3. The molecule has 1 heterocycles. The van der Waals surface area contributed by atoms with Crippen molar-refractivity contribution >= 4 is 17.4 Å². The lowest BCUT2D eigenvalue weighted by Gasteiger charge is -2.28. The molecule has 0 spiro atoms. The van der Waals surface area contributed by atoms with Gasteiger partial charge in [0.05, 0.1) is 6.10 Å². The van der Waals surface area contributed by atoms with Gasteiger partial charge in [-0.25, -0.2) is 0 Å². The van der Waals surface area contributed by atoms with Gasteiger partial charge in [-0.1, -0.05) is 37.6 Å². The van der Waals surface area contributed by atoms with Gasteiger partial charge in [-0.15, -0.1) is 0 Å². The molecule has 4 nitrogen and oxygen atoms in total. The van der Waals surface area contributed by atoms with Crippen molar-refractivity contribution in [1.82, 2.24) is 0 Å². The Morgan fingerprint density at radius 3 is 2.93 bits per heavy atom. The Balaban J connectivity index is 1.48. The van der Waals surface area contributed by atoms with Crippen LogP contribution in [-0.2, 0) is 14.3 Å². The summed E-state index contributed by atoms with van der Waals surface area (Å²) in [6.45, 7) is 5.25. The van der Waals surface area contributed by atoms with E-state index < -0.39 is 0 Å². The van der Waals surface area contributed by atoms with E-state index in [4.69, 9.17) is 25.8 Å². The van der Waals surface area contributed by atoms with Gasteiger partial charge in [-0.3, -0.25) is 4.79 Å². The molecule has 0 aromatic heterocycles. The molecule has 2 aliphatic rings. The van der Waals surface area contributed by atoms with Crippen LogP contribution in [0.5, 0.6) is 5.75 Å². The van der Waals surface area contributed by atoms with Crippen molar-refractivity contribution in [1.29, 1.82) is 0 Å². The van der Waals surface area contributed by atoms with Gasteiger partial charge < -0.3 is 14.2 Å². The van der Waals surface area contributed by atoms with Crippen LogP contribution in [-0.4, -0.2) is 31.4 Å². The van der Waals surface area contributed by atoms with Gasteiger partial charge in [0.25, 0.3) is 0 Å². The van der Waals surface area contributed by atoms with Gasteiger partial charge in [-0.2, -0.15) is 0 Å². The van der Waals surface area contributed by atoms with Crippen molar-refractivity contribution in [2.45, 2.75) is 51.9 Å². The highest BCUT2D eigenvalue weighted by Crippen LogP contribution is 2.40. The number of halogens is 1. The lowest BCUT2D eigenvalue weighted by atomic mass is 9.90. The number of hydrogen-bond acceptors (Lipinski definition) is 4. The summed E-state index contributed by atoms with van der Waals surface area (Å²) in [7, 11) is 0. The number of ether oxygens (including phenoxy) is 3. The number of carbonyl (C=O) groups excluding carboxylic acids is 1. The molecule has 1 unspecified atom stereocenters. The molecule has 1 saturated carbocycles. The molecule has 1 aliphatic heterocycles. The summed E-state index contributed by atoms with van der Waals surface area (Å²) < 4.78 is 17.4. The highest BCUT2D eigenvalue weighted by Gasteiger charge is 2.39. The van der Waals surface area contributed by atoms with E-state index in [1.165, 1.54) is 6.42 Å². The third kappa shape index (κ3) is 5.81. The fourth-order valence-corrected chi connectivity index (χ4v) is 4.22. The van der Waals surface area contributed by atoms with Crippen LogP contribution in [0.4, 0.5) is 0 Å². The highest BCUT2D eigenvalue weighted by atomic mass is 35.5. The third-order valence-corrected chi connectivity index (χ3v) is 5.84. The standard InChI is InChI=1S/C22H29ClO4/c1-15-12-21(27-22-8-3-4-11-25-22)16(2)20(15)10-9-18(24)14-26-19-7-5-6-17(23)13-19/h5-7,9-10,13,15-16,20-22H,3-4,8,11-12,14H2,1-2H3/b10-9+/t15-,16+,20-,21-,22?/m0/s1. The van der Waals surface area contributed by atoms with E-state index in [9.17, 15) is 4.79 Å². The Kier molecular flexibility index (Phi) is 7.33. The summed E-state index contributed by atoms with van der Waals surface area (Å²) in [5.41, 5.74) is 0. The maximum atomic E-state index is 12.2. The van der Waals surface area contributed by atoms with Crippen molar-refractivity contribution in [2.24, 2.45) is 17.8 Å². The van der Waals surface area contributed by atoms with Crippen LogP contribution in [0.1, 0.15) is 39.5 Å². The highest BCUT2D eigenvalue weighted by molar-refractivity contribution is 6.30. The van der Waals surface area contributed by atoms with Gasteiger partial charge in [0.2, 0.25) is 0 Å². The largest absolute Gasteiger partial charge is 0.485 e. The lowest BCUT2D eigenvalue weighted by Crippen LogP contribution is -2.30. The summed E-state index contributed by atoms with van der Waals surface area (Å²) in [6.07, 6.45) is 8.10. The van der Waals surface area contributed by atoms with Crippen LogP contribution < -0.4 is 4.74 Å². The van der Waals surface area contributed by atoms with Crippen LogP contribution in [0.3, 0.4) is 0 Å². The van der Waals surface area contributed by atoms with Crippen LogP contribution >= 0.6 is 11.6 Å². The van der Waals surface area contributed by atoms with Crippen molar-refractivity contribution in [3.63, 3.8) is 0 Å². The Morgan fingerprint density at radius 2 is 2.19 bits per heavy atom. The number of rotatable bonds is 7. The van der Waals surface area contributed by atoms with Crippen LogP contribution in [0.2, 0.25) is 5.02 Å². The number of hydrogen-bond donors (Lipinski definition) is 0. The molecular formula is C22H29ClO4. The van der Waals surface area contributed by atoms with Crippen LogP contribution in [0.25, 0.3) is 0 Å². The molecule has 2 fully saturated rings. The zero-order valence-corrected chi connectivity index (χ0v) is 16.9. The number of allylic oxidation sites excluding steroid dienone is 1. The summed E-state index contributed by atoms with van der Waals surface area (Å²) in [4.78, 5) is 12.2. The fraction of sp³-hybridized carbons (Fsp3) is 0.591. The van der Waals surface area contributed by atoms with Crippen molar-refractivity contribution < 1.29 is 19.0 Å². The molecule has 0 amide bonds. The van der Waals surface area contributed by atoms with E-state index >= 15 is 0 Å². The Bertz CT molecular complexity index is 653. The molecule has 1 aliphatic carbocycles. The Hall–Kier alpha value is -1.36. The molecule has 5 heteroatoms. The summed E-state index contributed by atoms with van der Waals surface area (Å²) in [6, 6.07) is 7.07. The first-order chi connectivity index (χ1) is 13.0. The number of benzene rings is 1. The first kappa shape index (κ1) is 20.4. The minimum absolute atomic E-state index is 0.0160. The van der Waals surface area contributed by atoms with Crippen molar-refractivity contribution in [2.75, 3.05) is 13.2 Å². The van der Waals surface area contributed by atoms with Crippen molar-refractivity contribution in [3.05, 3.63) is 41.4 Å². The van der Waals surface area contributed by atoms with Gasteiger partial charge in [-0.05, 0) is 67.7 Å². The molecule has 148 valence electrons. The minimum atomic E-state index is -0.0612. The normalized spacial score (nSPS) is 31.3. The Morgan fingerprint density at radius 1 is 1.33 bits per heavy atom. The maximum Gasteiger partial charge on any atom is 0.192 e. The molecular weight excluding hydrogens is 364 g/mol. The quantitative estimate of drug-likeness (QED) is 0.609. The molecule has 27 heavy (non-hydrogen) atoms. The Labute approximate surface area is 166 Å². The van der Waals surface area contributed by atoms with E-state index in [-0.39, 0.29) is 24.8 Å². The molecule has 0 bridgehead atoms. The second-order valence-electron chi connectivity index (χ2n) is 7.69. The fourth-order valence-electron chi connectivity index (χ4n) is 4.04. The SMILES string of the molecule is C[C@@H]1[C@@H](/C=C/C(=O)COc2cccc(Cl)c2)[C@@H](C)C[C@@H]1OC1CCCCO1. The number of carbonyl (C=O) groups is 1. The molecule has 1 aromatic rings. The van der Waals surface area contributed by atoms with Gasteiger partial charge in [0.1, 0.15) is 5.75 Å². The molecule has 1 saturated heterocycles. The number of ketones is 1. The molecule has 0 N–H and O–H groups in total. The van der Waals surface area contributed by atoms with Gasteiger partial charge in [0, 0.05) is 11.6 Å². The third-order valence-electron chi connectivity index (χ3n) is 5.60. The van der Waals surface area contributed by atoms with E-state index in [0.717, 1.165) is 25.9 Å². The zero-order chi connectivity index (χ0) is 19.2. The molecule has 3 rings (SSSR count). The minimum Gasteiger partial charge on any atom is -0.485 e. The molecule has 5 atom stereocenters. The van der Waals surface area contributed by atoms with Gasteiger partial charge >= 0.3 is 0 Å². The van der Waals surface area contributed by atoms with E-state index in [2.05, 4.69) is 13.8 Å². The lowest BCUT2D eigenvalue weighted by molar-refractivity contribution is -0.194.